The molecular formula is C20H18O2. The molecule has 110 valence electrons. The zero-order valence-electron chi connectivity index (χ0n) is 12.7. The largest absolute Gasteiger partial charge is 0.497 e. The van der Waals surface area contributed by atoms with Crippen LogP contribution in [0.4, 0.5) is 0 Å². The lowest BCUT2D eigenvalue weighted by molar-refractivity contribution is 0.372. The SMILES string of the molecule is CO/C(=C/c1ccccc1)c1ccc2cc(OC)ccc2c1. The molecule has 3 aromatic rings. The third-order valence-corrected chi connectivity index (χ3v) is 3.65. The second-order valence-corrected chi connectivity index (χ2v) is 5.05. The topological polar surface area (TPSA) is 18.5 Å². The first-order chi connectivity index (χ1) is 10.8. The van der Waals surface area contributed by atoms with Gasteiger partial charge in [0.05, 0.1) is 14.2 Å². The van der Waals surface area contributed by atoms with Crippen molar-refractivity contribution in [2.45, 2.75) is 0 Å². The number of fused-ring (bicyclic) bond motifs is 1. The van der Waals surface area contributed by atoms with E-state index in [9.17, 15) is 0 Å². The van der Waals surface area contributed by atoms with Crippen molar-refractivity contribution < 1.29 is 9.47 Å². The maximum absolute atomic E-state index is 5.57. The van der Waals surface area contributed by atoms with Crippen LogP contribution >= 0.6 is 0 Å². The van der Waals surface area contributed by atoms with E-state index >= 15 is 0 Å². The van der Waals surface area contributed by atoms with E-state index in [0.29, 0.717) is 0 Å². The van der Waals surface area contributed by atoms with Gasteiger partial charge in [0.2, 0.25) is 0 Å². The van der Waals surface area contributed by atoms with Crippen LogP contribution in [0.15, 0.2) is 66.7 Å². The maximum atomic E-state index is 5.57. The van der Waals surface area contributed by atoms with Gasteiger partial charge in [0.15, 0.2) is 0 Å². The van der Waals surface area contributed by atoms with Crippen LogP contribution < -0.4 is 4.74 Å². The van der Waals surface area contributed by atoms with Gasteiger partial charge in [-0.25, -0.2) is 0 Å². The van der Waals surface area contributed by atoms with E-state index in [0.717, 1.165) is 33.4 Å². The molecule has 0 unspecified atom stereocenters. The summed E-state index contributed by atoms with van der Waals surface area (Å²) in [5.74, 6) is 1.72. The van der Waals surface area contributed by atoms with Crippen LogP contribution in [0.1, 0.15) is 11.1 Å². The first-order valence-corrected chi connectivity index (χ1v) is 7.19. The van der Waals surface area contributed by atoms with Crippen molar-refractivity contribution in [3.63, 3.8) is 0 Å². The van der Waals surface area contributed by atoms with Crippen molar-refractivity contribution in [1.82, 2.24) is 0 Å². The van der Waals surface area contributed by atoms with E-state index < -0.39 is 0 Å². The zero-order valence-corrected chi connectivity index (χ0v) is 12.7. The Kier molecular flexibility index (Phi) is 4.10. The lowest BCUT2D eigenvalue weighted by atomic mass is 10.0. The molecule has 0 spiro atoms. The van der Waals surface area contributed by atoms with Crippen molar-refractivity contribution >= 4 is 22.6 Å². The standard InChI is InChI=1S/C20H18O2/c1-21-19-11-10-16-13-18(9-8-17(16)14-19)20(22-2)12-15-6-4-3-5-7-15/h3-14H,1-2H3/b20-12+. The fraction of sp³-hybridized carbons (Fsp3) is 0.100. The number of hydrogen-bond acceptors (Lipinski definition) is 2. The molecule has 0 bridgehead atoms. The average molecular weight is 290 g/mol. The van der Waals surface area contributed by atoms with E-state index in [2.05, 4.69) is 36.4 Å². The first kappa shape index (κ1) is 14.2. The Hall–Kier alpha value is -2.74. The zero-order chi connectivity index (χ0) is 15.4. The Balaban J connectivity index is 2.02. The monoisotopic (exact) mass is 290 g/mol. The highest BCUT2D eigenvalue weighted by molar-refractivity contribution is 5.89. The summed E-state index contributed by atoms with van der Waals surface area (Å²) < 4.78 is 10.8. The van der Waals surface area contributed by atoms with Gasteiger partial charge in [-0.15, -0.1) is 0 Å². The Morgan fingerprint density at radius 2 is 1.55 bits per heavy atom. The Bertz CT molecular complexity index is 804. The van der Waals surface area contributed by atoms with E-state index in [4.69, 9.17) is 9.47 Å². The highest BCUT2D eigenvalue weighted by Crippen LogP contribution is 2.26. The molecule has 2 heteroatoms. The molecule has 0 fully saturated rings. The summed E-state index contributed by atoms with van der Waals surface area (Å²) in [4.78, 5) is 0. The van der Waals surface area contributed by atoms with E-state index in [1.54, 1.807) is 14.2 Å². The molecule has 3 aromatic carbocycles. The number of ether oxygens (including phenoxy) is 2. The normalized spacial score (nSPS) is 11.5. The molecular weight excluding hydrogens is 272 g/mol. The quantitative estimate of drug-likeness (QED) is 0.497. The lowest BCUT2D eigenvalue weighted by Gasteiger charge is -2.09. The molecule has 0 saturated carbocycles. The van der Waals surface area contributed by atoms with Crippen molar-refractivity contribution in [2.24, 2.45) is 0 Å². The fourth-order valence-corrected chi connectivity index (χ4v) is 2.46. The molecule has 2 nitrogen and oxygen atoms in total. The summed E-state index contributed by atoms with van der Waals surface area (Å²) in [5, 5.41) is 2.31. The molecule has 0 radical (unpaired) electrons. The molecule has 0 aliphatic heterocycles. The van der Waals surface area contributed by atoms with E-state index in [1.165, 1.54) is 0 Å². The fourth-order valence-electron chi connectivity index (χ4n) is 2.46. The summed E-state index contributed by atoms with van der Waals surface area (Å²) >= 11 is 0. The van der Waals surface area contributed by atoms with E-state index in [-0.39, 0.29) is 0 Å². The third-order valence-electron chi connectivity index (χ3n) is 3.65. The molecule has 0 N–H and O–H groups in total. The minimum Gasteiger partial charge on any atom is -0.497 e. The van der Waals surface area contributed by atoms with Gasteiger partial charge in [0.25, 0.3) is 0 Å². The van der Waals surface area contributed by atoms with Crippen LogP contribution in [-0.2, 0) is 4.74 Å². The molecule has 0 amide bonds. The average Bonchev–Trinajstić information content (AvgIpc) is 2.59. The van der Waals surface area contributed by atoms with Crippen molar-refractivity contribution in [3.05, 3.63) is 77.9 Å². The number of rotatable bonds is 4. The lowest BCUT2D eigenvalue weighted by Crippen LogP contribution is -1.89. The van der Waals surface area contributed by atoms with Crippen LogP contribution in [0, 0.1) is 0 Å². The molecule has 0 aliphatic carbocycles. The van der Waals surface area contributed by atoms with Crippen LogP contribution in [0.2, 0.25) is 0 Å². The maximum Gasteiger partial charge on any atom is 0.126 e. The van der Waals surface area contributed by atoms with Crippen LogP contribution in [0.25, 0.3) is 22.6 Å². The summed E-state index contributed by atoms with van der Waals surface area (Å²) in [6.45, 7) is 0. The van der Waals surface area contributed by atoms with Crippen LogP contribution in [0.5, 0.6) is 5.75 Å². The predicted molar refractivity (Wildman–Crippen MR) is 91.8 cm³/mol. The number of benzene rings is 3. The molecule has 0 aliphatic rings. The minimum absolute atomic E-state index is 0.851. The summed E-state index contributed by atoms with van der Waals surface area (Å²) in [6, 6.07) is 22.5. The second-order valence-electron chi connectivity index (χ2n) is 5.05. The van der Waals surface area contributed by atoms with Crippen molar-refractivity contribution in [3.8, 4) is 5.75 Å². The van der Waals surface area contributed by atoms with Gasteiger partial charge in [0.1, 0.15) is 11.5 Å². The molecule has 0 heterocycles. The Morgan fingerprint density at radius 3 is 2.27 bits per heavy atom. The Morgan fingerprint density at radius 1 is 0.818 bits per heavy atom. The predicted octanol–water partition coefficient (Wildman–Crippen LogP) is 4.99. The molecule has 3 rings (SSSR count). The number of hydrogen-bond donors (Lipinski definition) is 0. The van der Waals surface area contributed by atoms with Gasteiger partial charge in [-0.05, 0) is 40.6 Å². The van der Waals surface area contributed by atoms with Crippen LogP contribution in [-0.4, -0.2) is 14.2 Å². The number of methoxy groups -OCH3 is 2. The van der Waals surface area contributed by atoms with Crippen molar-refractivity contribution in [2.75, 3.05) is 14.2 Å². The van der Waals surface area contributed by atoms with Gasteiger partial charge in [-0.3, -0.25) is 0 Å². The van der Waals surface area contributed by atoms with Gasteiger partial charge in [0, 0.05) is 5.56 Å². The summed E-state index contributed by atoms with van der Waals surface area (Å²) in [5.41, 5.74) is 2.18. The third kappa shape index (κ3) is 2.96. The van der Waals surface area contributed by atoms with Crippen LogP contribution in [0.3, 0.4) is 0 Å². The van der Waals surface area contributed by atoms with E-state index in [1.807, 2.05) is 36.4 Å². The van der Waals surface area contributed by atoms with Gasteiger partial charge < -0.3 is 9.47 Å². The summed E-state index contributed by atoms with van der Waals surface area (Å²) in [6.07, 6.45) is 2.05. The van der Waals surface area contributed by atoms with Gasteiger partial charge in [-0.2, -0.15) is 0 Å². The first-order valence-electron chi connectivity index (χ1n) is 7.19. The highest BCUT2D eigenvalue weighted by atomic mass is 16.5. The second kappa shape index (κ2) is 6.35. The smallest absolute Gasteiger partial charge is 0.126 e. The van der Waals surface area contributed by atoms with Gasteiger partial charge >= 0.3 is 0 Å². The molecule has 0 aromatic heterocycles. The highest BCUT2D eigenvalue weighted by Gasteiger charge is 2.04. The van der Waals surface area contributed by atoms with Gasteiger partial charge in [-0.1, -0.05) is 48.5 Å². The minimum atomic E-state index is 0.851. The summed E-state index contributed by atoms with van der Waals surface area (Å²) in [7, 11) is 3.38. The Labute approximate surface area is 130 Å². The van der Waals surface area contributed by atoms with Crippen molar-refractivity contribution in [1.29, 1.82) is 0 Å². The molecule has 0 atom stereocenters. The molecule has 0 saturated heterocycles. The molecule has 22 heavy (non-hydrogen) atoms.